The topological polar surface area (TPSA) is 195 Å². The molecule has 0 aliphatic heterocycles. The van der Waals surface area contributed by atoms with Gasteiger partial charge in [-0.05, 0) is 51.4 Å². The van der Waals surface area contributed by atoms with Crippen LogP contribution in [0.5, 0.6) is 0 Å². The highest BCUT2D eigenvalue weighted by atomic mass is 31.2. The maximum atomic E-state index is 12.6. The highest BCUT2D eigenvalue weighted by Crippen LogP contribution is 2.43. The average molecular weight is 814 g/mol. The van der Waals surface area contributed by atoms with E-state index >= 15 is 0 Å². The standard InChI is InChI=1S/C43H76NO11P/c1-3-5-7-8-9-10-11-12-13-14-15-16-17-22-26-32-42(48)52-36-39(37-54-56(50,51)53-35-34-44)55-43(49)33-27-31-41(47)40(46)30-25-21-19-18-20-24-29-38(45)28-23-6-4-2/h10-11,18-21,24-25,29-30,38-41,45-47H,3-9,12-17,22-23,26-28,31-37,44H2,1-2H3,(H,50,51)/b11-10-,20-18-,21-19+,29-24+,30-25+/t38-,39+,40-,41-/m0/s1. The minimum Gasteiger partial charge on any atom is -0.462 e. The highest BCUT2D eigenvalue weighted by molar-refractivity contribution is 7.47. The number of allylic oxidation sites excluding steroid dienone is 8. The van der Waals surface area contributed by atoms with Crippen LogP contribution in [0, 0.1) is 0 Å². The molecule has 0 rings (SSSR count). The van der Waals surface area contributed by atoms with Crippen LogP contribution in [-0.2, 0) is 32.7 Å². The fourth-order valence-corrected chi connectivity index (χ4v) is 6.19. The molecule has 0 aromatic carbocycles. The number of ether oxygens (including phenoxy) is 2. The van der Waals surface area contributed by atoms with E-state index in [1.165, 1.54) is 57.4 Å². The van der Waals surface area contributed by atoms with Gasteiger partial charge in [-0.3, -0.25) is 18.6 Å². The molecule has 5 atom stereocenters. The summed E-state index contributed by atoms with van der Waals surface area (Å²) in [5.74, 6) is -1.17. The fraction of sp³-hybridized carbons (Fsp3) is 0.721. The molecule has 0 saturated carbocycles. The smallest absolute Gasteiger partial charge is 0.462 e. The van der Waals surface area contributed by atoms with Crippen molar-refractivity contribution in [1.82, 2.24) is 0 Å². The van der Waals surface area contributed by atoms with Crippen molar-refractivity contribution < 1.29 is 52.9 Å². The number of unbranched alkanes of at least 4 members (excludes halogenated alkanes) is 13. The van der Waals surface area contributed by atoms with Crippen LogP contribution in [0.1, 0.15) is 149 Å². The maximum absolute atomic E-state index is 12.6. The van der Waals surface area contributed by atoms with E-state index in [9.17, 15) is 34.4 Å². The molecule has 324 valence electrons. The van der Waals surface area contributed by atoms with E-state index in [1.807, 2.05) is 0 Å². The van der Waals surface area contributed by atoms with Crippen molar-refractivity contribution in [3.63, 3.8) is 0 Å². The van der Waals surface area contributed by atoms with Gasteiger partial charge >= 0.3 is 19.8 Å². The molecule has 0 saturated heterocycles. The zero-order valence-corrected chi connectivity index (χ0v) is 35.3. The van der Waals surface area contributed by atoms with Crippen molar-refractivity contribution >= 4 is 19.8 Å². The summed E-state index contributed by atoms with van der Waals surface area (Å²) >= 11 is 0. The lowest BCUT2D eigenvalue weighted by Crippen LogP contribution is -2.30. The first-order valence-corrected chi connectivity index (χ1v) is 22.6. The molecule has 0 amide bonds. The number of hydrogen-bond acceptors (Lipinski definition) is 11. The summed E-state index contributed by atoms with van der Waals surface area (Å²) in [6.45, 7) is 3.19. The Bertz CT molecular complexity index is 1160. The van der Waals surface area contributed by atoms with Crippen LogP contribution < -0.4 is 5.73 Å². The van der Waals surface area contributed by atoms with E-state index < -0.39 is 50.8 Å². The molecule has 0 aliphatic rings. The average Bonchev–Trinajstić information content (AvgIpc) is 3.17. The molecule has 1 unspecified atom stereocenters. The van der Waals surface area contributed by atoms with Crippen molar-refractivity contribution in [1.29, 1.82) is 0 Å². The normalized spacial score (nSPS) is 15.6. The molecular weight excluding hydrogens is 737 g/mol. The van der Waals surface area contributed by atoms with Crippen molar-refractivity contribution in [2.45, 2.75) is 173 Å². The molecule has 0 spiro atoms. The molecular formula is C43H76NO11P. The summed E-state index contributed by atoms with van der Waals surface area (Å²) in [6, 6.07) is 0. The summed E-state index contributed by atoms with van der Waals surface area (Å²) in [4.78, 5) is 34.9. The Kier molecular flexibility index (Phi) is 36.5. The van der Waals surface area contributed by atoms with Gasteiger partial charge in [-0.25, -0.2) is 4.57 Å². The van der Waals surface area contributed by atoms with E-state index in [4.69, 9.17) is 24.3 Å². The zero-order valence-electron chi connectivity index (χ0n) is 34.4. The van der Waals surface area contributed by atoms with Crippen molar-refractivity contribution in [3.05, 3.63) is 60.8 Å². The van der Waals surface area contributed by atoms with Gasteiger partial charge in [0.05, 0.1) is 31.5 Å². The second-order valence-electron chi connectivity index (χ2n) is 14.1. The summed E-state index contributed by atoms with van der Waals surface area (Å²) in [7, 11) is -4.48. The Balaban J connectivity index is 4.54. The predicted molar refractivity (Wildman–Crippen MR) is 224 cm³/mol. The summed E-state index contributed by atoms with van der Waals surface area (Å²) in [5.41, 5.74) is 5.32. The number of aliphatic hydroxyl groups excluding tert-OH is 3. The van der Waals surface area contributed by atoms with E-state index in [1.54, 1.807) is 42.5 Å². The molecule has 0 aliphatic carbocycles. The van der Waals surface area contributed by atoms with Crippen LogP contribution in [0.15, 0.2) is 60.8 Å². The van der Waals surface area contributed by atoms with Gasteiger partial charge in [-0.15, -0.1) is 0 Å². The number of phosphoric acid groups is 1. The first-order valence-electron chi connectivity index (χ1n) is 21.1. The SMILES string of the molecule is CCCCCC/C=C\CCCCCCCCCC(=O)OC[C@H](COP(=O)(O)OCCN)OC(=O)CCC[C@H](O)[C@@H](O)/C=C/C=C/C=C\C=C\[C@@H](O)CCCCC. The van der Waals surface area contributed by atoms with Crippen molar-refractivity contribution in [3.8, 4) is 0 Å². The summed E-state index contributed by atoms with van der Waals surface area (Å²) < 4.78 is 32.5. The molecule has 0 aromatic heterocycles. The minimum absolute atomic E-state index is 0.00512. The molecule has 56 heavy (non-hydrogen) atoms. The summed E-state index contributed by atoms with van der Waals surface area (Å²) in [5, 5.41) is 30.5. The predicted octanol–water partition coefficient (Wildman–Crippen LogP) is 8.63. The fourth-order valence-electron chi connectivity index (χ4n) is 5.42. The van der Waals surface area contributed by atoms with Crippen LogP contribution in [0.4, 0.5) is 0 Å². The van der Waals surface area contributed by atoms with E-state index in [2.05, 4.69) is 26.0 Å². The maximum Gasteiger partial charge on any atom is 0.472 e. The number of phosphoric ester groups is 1. The van der Waals surface area contributed by atoms with Crippen molar-refractivity contribution in [2.24, 2.45) is 5.73 Å². The number of hydrogen-bond donors (Lipinski definition) is 5. The Morgan fingerprint density at radius 1 is 0.643 bits per heavy atom. The van der Waals surface area contributed by atoms with Gasteiger partial charge in [0.2, 0.25) is 0 Å². The van der Waals surface area contributed by atoms with Crippen molar-refractivity contribution in [2.75, 3.05) is 26.4 Å². The third-order valence-corrected chi connectivity index (χ3v) is 9.73. The van der Waals surface area contributed by atoms with Crippen LogP contribution in [0.2, 0.25) is 0 Å². The molecule has 13 heteroatoms. The lowest BCUT2D eigenvalue weighted by atomic mass is 10.1. The second-order valence-corrected chi connectivity index (χ2v) is 15.5. The van der Waals surface area contributed by atoms with Crippen LogP contribution in [0.3, 0.4) is 0 Å². The summed E-state index contributed by atoms with van der Waals surface area (Å²) in [6.07, 6.45) is 33.3. The van der Waals surface area contributed by atoms with E-state index in [0.29, 0.717) is 6.42 Å². The zero-order chi connectivity index (χ0) is 41.5. The van der Waals surface area contributed by atoms with Gasteiger partial charge in [0.25, 0.3) is 0 Å². The Hall–Kier alpha value is -2.41. The number of rotatable bonds is 38. The van der Waals surface area contributed by atoms with Gasteiger partial charge < -0.3 is 35.4 Å². The van der Waals surface area contributed by atoms with E-state index in [-0.39, 0.29) is 45.4 Å². The first-order chi connectivity index (χ1) is 27.0. The third kappa shape index (κ3) is 36.0. The number of carbonyl (C=O) groups is 2. The lowest BCUT2D eigenvalue weighted by Gasteiger charge is -2.20. The first kappa shape index (κ1) is 53.6. The molecule has 6 N–H and O–H groups in total. The molecule has 0 aromatic rings. The van der Waals surface area contributed by atoms with Gasteiger partial charge in [-0.2, -0.15) is 0 Å². The number of carbonyl (C=O) groups excluding carboxylic acids is 2. The Labute approximate surface area is 337 Å². The number of esters is 2. The minimum atomic E-state index is -4.48. The van der Waals surface area contributed by atoms with Crippen LogP contribution >= 0.6 is 7.82 Å². The molecule has 0 fully saturated rings. The molecule has 0 radical (unpaired) electrons. The molecule has 12 nitrogen and oxygen atoms in total. The molecule has 0 bridgehead atoms. The van der Waals surface area contributed by atoms with Gasteiger partial charge in [0.1, 0.15) is 6.61 Å². The number of aliphatic hydroxyl groups is 3. The van der Waals surface area contributed by atoms with Gasteiger partial charge in [0.15, 0.2) is 6.10 Å². The lowest BCUT2D eigenvalue weighted by molar-refractivity contribution is -0.161. The quantitative estimate of drug-likeness (QED) is 0.0131. The van der Waals surface area contributed by atoms with E-state index in [0.717, 1.165) is 51.4 Å². The number of nitrogens with two attached hydrogens (primary N) is 1. The van der Waals surface area contributed by atoms with Crippen LogP contribution in [-0.4, -0.2) is 82.9 Å². The monoisotopic (exact) mass is 814 g/mol. The highest BCUT2D eigenvalue weighted by Gasteiger charge is 2.26. The Morgan fingerprint density at radius 3 is 1.84 bits per heavy atom. The van der Waals surface area contributed by atoms with Crippen LogP contribution in [0.25, 0.3) is 0 Å². The Morgan fingerprint density at radius 2 is 1.20 bits per heavy atom. The van der Waals surface area contributed by atoms with Gasteiger partial charge in [-0.1, -0.05) is 145 Å². The second kappa shape index (κ2) is 38.1. The largest absolute Gasteiger partial charge is 0.472 e. The third-order valence-electron chi connectivity index (χ3n) is 8.74. The molecule has 0 heterocycles. The van der Waals surface area contributed by atoms with Gasteiger partial charge in [0, 0.05) is 19.4 Å².